The zero-order chi connectivity index (χ0) is 17.1. The van der Waals surface area contributed by atoms with Gasteiger partial charge in [0.1, 0.15) is 5.82 Å². The van der Waals surface area contributed by atoms with Gasteiger partial charge in [0.25, 0.3) is 11.8 Å². The van der Waals surface area contributed by atoms with Crippen LogP contribution in [0.5, 0.6) is 0 Å². The van der Waals surface area contributed by atoms with Crippen LogP contribution in [0.25, 0.3) is 0 Å². The summed E-state index contributed by atoms with van der Waals surface area (Å²) in [5.74, 6) is -0.787. The van der Waals surface area contributed by atoms with Crippen LogP contribution < -0.4 is 5.32 Å². The van der Waals surface area contributed by atoms with Crippen LogP contribution in [0.3, 0.4) is 0 Å². The number of halogens is 1. The maximum absolute atomic E-state index is 13.9. The van der Waals surface area contributed by atoms with E-state index in [0.717, 1.165) is 0 Å². The molecule has 2 amide bonds. The molecule has 2 aromatic carbocycles. The lowest BCUT2D eigenvalue weighted by atomic mass is 10.0. The van der Waals surface area contributed by atoms with E-state index < -0.39 is 0 Å². The van der Waals surface area contributed by atoms with E-state index in [0.29, 0.717) is 29.7 Å². The van der Waals surface area contributed by atoms with Gasteiger partial charge in [-0.05, 0) is 24.6 Å². The van der Waals surface area contributed by atoms with Gasteiger partial charge in [-0.25, -0.2) is 4.39 Å². The first kappa shape index (κ1) is 16.3. The highest BCUT2D eigenvalue weighted by atomic mass is 19.1. The van der Waals surface area contributed by atoms with Gasteiger partial charge in [-0.1, -0.05) is 37.3 Å². The van der Waals surface area contributed by atoms with E-state index in [4.69, 9.17) is 0 Å². The monoisotopic (exact) mass is 326 g/mol. The zero-order valence-corrected chi connectivity index (χ0v) is 13.5. The van der Waals surface area contributed by atoms with E-state index >= 15 is 0 Å². The molecule has 0 radical (unpaired) electrons. The molecular weight excluding hydrogens is 307 g/mol. The van der Waals surface area contributed by atoms with Gasteiger partial charge in [-0.15, -0.1) is 0 Å². The Hall–Kier alpha value is -2.53. The fourth-order valence-electron chi connectivity index (χ4n) is 3.02. The third-order valence-electron chi connectivity index (χ3n) is 4.29. The molecule has 5 heteroatoms. The molecule has 0 aliphatic carbocycles. The van der Waals surface area contributed by atoms with Crippen molar-refractivity contribution in [2.45, 2.75) is 19.4 Å². The number of nitrogens with one attached hydrogen (secondary N) is 1. The number of rotatable bonds is 6. The van der Waals surface area contributed by atoms with Crippen molar-refractivity contribution in [2.24, 2.45) is 0 Å². The zero-order valence-electron chi connectivity index (χ0n) is 13.5. The van der Waals surface area contributed by atoms with E-state index in [-0.39, 0.29) is 30.2 Å². The first-order valence-electron chi connectivity index (χ1n) is 8.06. The molecule has 1 N–H and O–H groups in total. The summed E-state index contributed by atoms with van der Waals surface area (Å²) < 4.78 is 13.9. The maximum Gasteiger partial charge on any atom is 0.261 e. The third kappa shape index (κ3) is 2.95. The molecule has 24 heavy (non-hydrogen) atoms. The number of carbonyl (C=O) groups excluding carboxylic acids is 2. The highest BCUT2D eigenvalue weighted by molar-refractivity contribution is 6.21. The number of nitrogens with zero attached hydrogens (tertiary/aromatic N) is 1. The second-order valence-electron chi connectivity index (χ2n) is 5.74. The van der Waals surface area contributed by atoms with Gasteiger partial charge in [0.2, 0.25) is 0 Å². The smallest absolute Gasteiger partial charge is 0.261 e. The van der Waals surface area contributed by atoms with Crippen molar-refractivity contribution in [1.29, 1.82) is 0 Å². The Morgan fingerprint density at radius 2 is 1.58 bits per heavy atom. The van der Waals surface area contributed by atoms with Gasteiger partial charge in [0.05, 0.1) is 11.1 Å². The minimum atomic E-state index is -0.267. The quantitative estimate of drug-likeness (QED) is 0.830. The molecule has 124 valence electrons. The van der Waals surface area contributed by atoms with Crippen molar-refractivity contribution in [3.63, 3.8) is 0 Å². The van der Waals surface area contributed by atoms with Crippen molar-refractivity contribution < 1.29 is 14.0 Å². The van der Waals surface area contributed by atoms with Gasteiger partial charge in [0.15, 0.2) is 0 Å². The Kier molecular flexibility index (Phi) is 4.71. The summed E-state index contributed by atoms with van der Waals surface area (Å²) in [4.78, 5) is 25.8. The molecule has 1 atom stereocenters. The molecule has 2 aromatic rings. The third-order valence-corrected chi connectivity index (χ3v) is 4.29. The van der Waals surface area contributed by atoms with E-state index in [1.165, 1.54) is 11.0 Å². The topological polar surface area (TPSA) is 49.4 Å². The predicted octanol–water partition coefficient (Wildman–Crippen LogP) is 3.16. The lowest BCUT2D eigenvalue weighted by Crippen LogP contribution is -2.37. The van der Waals surface area contributed by atoms with Crippen molar-refractivity contribution in [2.75, 3.05) is 13.1 Å². The first-order valence-corrected chi connectivity index (χ1v) is 8.06. The first-order chi connectivity index (χ1) is 11.6. The molecule has 0 saturated carbocycles. The second-order valence-corrected chi connectivity index (χ2v) is 5.74. The number of benzene rings is 2. The molecule has 0 saturated heterocycles. The summed E-state index contributed by atoms with van der Waals surface area (Å²) in [7, 11) is 0. The molecule has 0 spiro atoms. The van der Waals surface area contributed by atoms with Gasteiger partial charge < -0.3 is 5.32 Å². The van der Waals surface area contributed by atoms with Crippen LogP contribution in [0, 0.1) is 5.82 Å². The fourth-order valence-corrected chi connectivity index (χ4v) is 3.02. The van der Waals surface area contributed by atoms with Crippen molar-refractivity contribution in [3.8, 4) is 0 Å². The predicted molar refractivity (Wildman–Crippen MR) is 89.2 cm³/mol. The lowest BCUT2D eigenvalue weighted by molar-refractivity contribution is 0.0654. The molecule has 1 heterocycles. The number of amides is 2. The van der Waals surface area contributed by atoms with Crippen LogP contribution in [0.15, 0.2) is 48.5 Å². The summed E-state index contributed by atoms with van der Waals surface area (Å²) in [5.41, 5.74) is 1.50. The molecule has 0 fully saturated rings. The van der Waals surface area contributed by atoms with E-state index in [1.807, 2.05) is 6.92 Å². The van der Waals surface area contributed by atoms with Gasteiger partial charge in [0, 0.05) is 24.7 Å². The Balaban J connectivity index is 1.64. The largest absolute Gasteiger partial charge is 0.308 e. The van der Waals surface area contributed by atoms with Gasteiger partial charge in [-0.3, -0.25) is 14.5 Å². The lowest BCUT2D eigenvalue weighted by Gasteiger charge is -2.20. The maximum atomic E-state index is 13.9. The minimum Gasteiger partial charge on any atom is -0.308 e. The highest BCUT2D eigenvalue weighted by Crippen LogP contribution is 2.23. The van der Waals surface area contributed by atoms with Crippen LogP contribution in [0.4, 0.5) is 4.39 Å². The molecule has 3 rings (SSSR count). The number of hydrogen-bond acceptors (Lipinski definition) is 3. The molecule has 4 nitrogen and oxygen atoms in total. The molecule has 1 aliphatic heterocycles. The van der Waals surface area contributed by atoms with Crippen molar-refractivity contribution in [1.82, 2.24) is 10.2 Å². The van der Waals surface area contributed by atoms with Crippen molar-refractivity contribution >= 4 is 11.8 Å². The number of carbonyl (C=O) groups is 2. The molecule has 1 aliphatic rings. The molecular formula is C19H19FN2O2. The van der Waals surface area contributed by atoms with Crippen LogP contribution in [0.1, 0.15) is 45.7 Å². The van der Waals surface area contributed by atoms with Crippen LogP contribution in [-0.4, -0.2) is 29.8 Å². The Morgan fingerprint density at radius 3 is 2.17 bits per heavy atom. The van der Waals surface area contributed by atoms with E-state index in [1.54, 1.807) is 42.5 Å². The summed E-state index contributed by atoms with van der Waals surface area (Å²) in [6.07, 6.45) is 0.711. The van der Waals surface area contributed by atoms with Crippen LogP contribution >= 0.6 is 0 Å². The summed E-state index contributed by atoms with van der Waals surface area (Å²) >= 11 is 0. The summed E-state index contributed by atoms with van der Waals surface area (Å²) in [6, 6.07) is 13.3. The average molecular weight is 326 g/mol. The van der Waals surface area contributed by atoms with Crippen LogP contribution in [0.2, 0.25) is 0 Å². The normalized spacial score (nSPS) is 14.8. The standard InChI is InChI=1S/C19H19FN2O2/c1-2-17(15-9-5-6-10-16(15)20)21-11-12-22-18(23)13-7-3-4-8-14(13)19(22)24/h3-10,17,21H,2,11-12H2,1H3/t17-/m0/s1. The van der Waals surface area contributed by atoms with Gasteiger partial charge >= 0.3 is 0 Å². The van der Waals surface area contributed by atoms with Crippen molar-refractivity contribution in [3.05, 3.63) is 71.0 Å². The Morgan fingerprint density at radius 1 is 1.00 bits per heavy atom. The molecule has 0 unspecified atom stereocenters. The Bertz CT molecular complexity index is 740. The summed E-state index contributed by atoms with van der Waals surface area (Å²) in [5, 5.41) is 3.24. The van der Waals surface area contributed by atoms with Crippen LogP contribution in [-0.2, 0) is 0 Å². The van der Waals surface area contributed by atoms with Gasteiger partial charge in [-0.2, -0.15) is 0 Å². The average Bonchev–Trinajstić information content (AvgIpc) is 2.85. The van der Waals surface area contributed by atoms with E-state index in [9.17, 15) is 14.0 Å². The number of fused-ring (bicyclic) bond motifs is 1. The summed E-state index contributed by atoms with van der Waals surface area (Å²) in [6.45, 7) is 2.64. The molecule has 0 aromatic heterocycles. The van der Waals surface area contributed by atoms with E-state index in [2.05, 4.69) is 5.32 Å². The number of imide groups is 1. The Labute approximate surface area is 140 Å². The highest BCUT2D eigenvalue weighted by Gasteiger charge is 2.34. The second kappa shape index (κ2) is 6.93. The minimum absolute atomic E-state index is 0.151. The number of hydrogen-bond donors (Lipinski definition) is 1. The fraction of sp³-hybridized carbons (Fsp3) is 0.263. The SMILES string of the molecule is CC[C@H](NCCN1C(=O)c2ccccc2C1=O)c1ccccc1F. The molecule has 0 bridgehead atoms.